The van der Waals surface area contributed by atoms with E-state index in [9.17, 15) is 9.18 Å². The predicted molar refractivity (Wildman–Crippen MR) is 134 cm³/mol. The molecule has 0 fully saturated rings. The van der Waals surface area contributed by atoms with Crippen LogP contribution in [0.4, 0.5) is 16.0 Å². The molecule has 5 aromatic rings. The number of aromatic nitrogens is 7. The van der Waals surface area contributed by atoms with E-state index in [2.05, 4.69) is 35.3 Å². The third-order valence-corrected chi connectivity index (χ3v) is 5.47. The Bertz CT molecular complexity index is 1580. The van der Waals surface area contributed by atoms with Gasteiger partial charge in [0.2, 0.25) is 5.95 Å². The Morgan fingerprint density at radius 1 is 1.08 bits per heavy atom. The Morgan fingerprint density at radius 2 is 1.97 bits per heavy atom. The first-order valence-electron chi connectivity index (χ1n) is 11.0. The minimum Gasteiger partial charge on any atom is -0.462 e. The molecule has 0 amide bonds. The van der Waals surface area contributed by atoms with Gasteiger partial charge in [-0.15, -0.1) is 0 Å². The van der Waals surface area contributed by atoms with Crippen LogP contribution in [-0.2, 0) is 4.74 Å². The number of rotatable bonds is 7. The SMILES string of the molecule is CCOC(=O)c1cncc(-c2cnc(Nc3ccc(F)c(Cl)c3)nc2-n2cc(-c3ccncn3)cn2)c1. The third kappa shape index (κ3) is 5.26. The molecule has 37 heavy (non-hydrogen) atoms. The molecule has 4 aromatic heterocycles. The molecule has 0 atom stereocenters. The van der Waals surface area contributed by atoms with E-state index in [1.165, 1.54) is 30.7 Å². The molecule has 0 unspecified atom stereocenters. The van der Waals surface area contributed by atoms with E-state index in [0.717, 1.165) is 5.56 Å². The van der Waals surface area contributed by atoms with Gasteiger partial charge < -0.3 is 10.1 Å². The highest BCUT2D eigenvalue weighted by atomic mass is 35.5. The molecule has 0 bridgehead atoms. The molecule has 10 nitrogen and oxygen atoms in total. The van der Waals surface area contributed by atoms with E-state index in [1.807, 2.05) is 0 Å². The number of nitrogens with zero attached hydrogens (tertiary/aromatic N) is 7. The van der Waals surface area contributed by atoms with Crippen molar-refractivity contribution in [1.82, 2.24) is 34.7 Å². The summed E-state index contributed by atoms with van der Waals surface area (Å²) in [6.45, 7) is 1.97. The van der Waals surface area contributed by atoms with Crippen molar-refractivity contribution in [3.63, 3.8) is 0 Å². The zero-order chi connectivity index (χ0) is 25.8. The van der Waals surface area contributed by atoms with Gasteiger partial charge in [0.05, 0.1) is 29.1 Å². The fourth-order valence-corrected chi connectivity index (χ4v) is 3.64. The first-order valence-corrected chi connectivity index (χ1v) is 11.4. The van der Waals surface area contributed by atoms with Crippen molar-refractivity contribution in [2.45, 2.75) is 6.92 Å². The topological polar surface area (TPSA) is 121 Å². The maximum Gasteiger partial charge on any atom is 0.339 e. The lowest BCUT2D eigenvalue weighted by molar-refractivity contribution is 0.0526. The van der Waals surface area contributed by atoms with Crippen molar-refractivity contribution in [2.24, 2.45) is 0 Å². The molecule has 0 aliphatic heterocycles. The van der Waals surface area contributed by atoms with Crippen LogP contribution in [0.2, 0.25) is 5.02 Å². The number of benzene rings is 1. The highest BCUT2D eigenvalue weighted by Crippen LogP contribution is 2.28. The summed E-state index contributed by atoms with van der Waals surface area (Å²) < 4.78 is 20.3. The zero-order valence-electron chi connectivity index (χ0n) is 19.3. The summed E-state index contributed by atoms with van der Waals surface area (Å²) in [5.41, 5.74) is 3.34. The van der Waals surface area contributed by atoms with Crippen molar-refractivity contribution in [2.75, 3.05) is 11.9 Å². The zero-order valence-corrected chi connectivity index (χ0v) is 20.1. The van der Waals surface area contributed by atoms with Gasteiger partial charge in [0, 0.05) is 53.4 Å². The lowest BCUT2D eigenvalue weighted by atomic mass is 10.1. The van der Waals surface area contributed by atoms with E-state index in [1.54, 1.807) is 54.7 Å². The van der Waals surface area contributed by atoms with Crippen molar-refractivity contribution in [3.05, 3.63) is 90.2 Å². The van der Waals surface area contributed by atoms with Crippen molar-refractivity contribution in [3.8, 4) is 28.2 Å². The number of esters is 1. The van der Waals surface area contributed by atoms with Gasteiger partial charge in [-0.3, -0.25) is 4.98 Å². The second kappa shape index (κ2) is 10.5. The summed E-state index contributed by atoms with van der Waals surface area (Å²) in [7, 11) is 0. The van der Waals surface area contributed by atoms with Crippen LogP contribution >= 0.6 is 11.6 Å². The van der Waals surface area contributed by atoms with Crippen LogP contribution in [0.5, 0.6) is 0 Å². The van der Waals surface area contributed by atoms with Gasteiger partial charge in [0.15, 0.2) is 5.82 Å². The van der Waals surface area contributed by atoms with Crippen LogP contribution in [0.3, 0.4) is 0 Å². The lowest BCUT2D eigenvalue weighted by Gasteiger charge is -2.12. The number of anilines is 2. The Kier molecular flexibility index (Phi) is 6.77. The van der Waals surface area contributed by atoms with E-state index in [0.29, 0.717) is 28.3 Å². The van der Waals surface area contributed by atoms with Gasteiger partial charge in [-0.1, -0.05) is 11.6 Å². The van der Waals surface area contributed by atoms with Gasteiger partial charge in [0.1, 0.15) is 12.1 Å². The summed E-state index contributed by atoms with van der Waals surface area (Å²) in [4.78, 5) is 33.7. The maximum atomic E-state index is 13.6. The Balaban J connectivity index is 1.59. The highest BCUT2D eigenvalue weighted by molar-refractivity contribution is 6.31. The van der Waals surface area contributed by atoms with Gasteiger partial charge in [-0.05, 0) is 37.3 Å². The number of carbonyl (C=O) groups is 1. The molecule has 0 saturated carbocycles. The lowest BCUT2D eigenvalue weighted by Crippen LogP contribution is -2.08. The molecule has 5 rings (SSSR count). The number of halogens is 2. The molecule has 1 N–H and O–H groups in total. The molecule has 0 saturated heterocycles. The number of pyridine rings is 1. The first-order chi connectivity index (χ1) is 18.0. The number of ether oxygens (including phenoxy) is 1. The van der Waals surface area contributed by atoms with Crippen LogP contribution in [0.15, 0.2) is 73.8 Å². The van der Waals surface area contributed by atoms with E-state index < -0.39 is 11.8 Å². The Morgan fingerprint density at radius 3 is 2.76 bits per heavy atom. The van der Waals surface area contributed by atoms with Crippen molar-refractivity contribution in [1.29, 1.82) is 0 Å². The molecule has 0 aliphatic carbocycles. The molecule has 0 aliphatic rings. The summed E-state index contributed by atoms with van der Waals surface area (Å²) in [6.07, 6.45) is 11.1. The number of carbonyl (C=O) groups excluding carboxylic acids is 1. The smallest absolute Gasteiger partial charge is 0.339 e. The largest absolute Gasteiger partial charge is 0.462 e. The molecule has 1 aromatic carbocycles. The number of hydrogen-bond donors (Lipinski definition) is 1. The van der Waals surface area contributed by atoms with Gasteiger partial charge in [0.25, 0.3) is 0 Å². The second-order valence-electron chi connectivity index (χ2n) is 7.64. The van der Waals surface area contributed by atoms with Crippen molar-refractivity contribution < 1.29 is 13.9 Å². The summed E-state index contributed by atoms with van der Waals surface area (Å²) in [6, 6.07) is 7.61. The Labute approximate surface area is 215 Å². The fourth-order valence-electron chi connectivity index (χ4n) is 3.46. The van der Waals surface area contributed by atoms with Gasteiger partial charge in [-0.2, -0.15) is 10.1 Å². The maximum absolute atomic E-state index is 13.6. The molecular weight excluding hydrogens is 499 g/mol. The molecule has 12 heteroatoms. The quantitative estimate of drug-likeness (QED) is 0.301. The van der Waals surface area contributed by atoms with E-state index >= 15 is 0 Å². The van der Waals surface area contributed by atoms with E-state index in [-0.39, 0.29) is 23.1 Å². The van der Waals surface area contributed by atoms with E-state index in [4.69, 9.17) is 16.3 Å². The second-order valence-corrected chi connectivity index (χ2v) is 8.04. The predicted octanol–water partition coefficient (Wildman–Crippen LogP) is 4.89. The molecular formula is C25H18ClFN8O2. The molecule has 184 valence electrons. The van der Waals surface area contributed by atoms with Crippen LogP contribution in [-0.4, -0.2) is 47.3 Å². The van der Waals surface area contributed by atoms with Crippen LogP contribution in [0, 0.1) is 5.82 Å². The number of nitrogens with one attached hydrogen (secondary N) is 1. The third-order valence-electron chi connectivity index (χ3n) is 5.18. The standard InChI is InChI=1S/C25H18ClFN8O2/c1-2-37-24(36)16-7-15(9-29-10-16)19-12-30-25(33-18-3-4-21(27)20(26)8-18)34-23(19)35-13-17(11-32-35)22-5-6-28-14-31-22/h3-14H,2H2,1H3,(H,30,33,34). The summed E-state index contributed by atoms with van der Waals surface area (Å²) in [5.74, 6) is -0.410. The highest BCUT2D eigenvalue weighted by Gasteiger charge is 2.17. The Hall–Kier alpha value is -4.77. The normalized spacial score (nSPS) is 10.8. The number of hydrogen-bond acceptors (Lipinski definition) is 9. The fraction of sp³-hybridized carbons (Fsp3) is 0.0800. The average molecular weight is 517 g/mol. The minimum absolute atomic E-state index is 0.0368. The first kappa shape index (κ1) is 23.9. The molecule has 0 radical (unpaired) electrons. The molecule has 4 heterocycles. The monoisotopic (exact) mass is 516 g/mol. The summed E-state index contributed by atoms with van der Waals surface area (Å²) in [5, 5.41) is 7.45. The van der Waals surface area contributed by atoms with Crippen molar-refractivity contribution >= 4 is 29.2 Å². The average Bonchev–Trinajstić information content (AvgIpc) is 3.42. The minimum atomic E-state index is -0.535. The van der Waals surface area contributed by atoms with Gasteiger partial charge in [-0.25, -0.2) is 28.8 Å². The van der Waals surface area contributed by atoms with Gasteiger partial charge >= 0.3 is 5.97 Å². The van der Waals surface area contributed by atoms with Crippen LogP contribution in [0.25, 0.3) is 28.2 Å². The summed E-state index contributed by atoms with van der Waals surface area (Å²) >= 11 is 5.91. The molecule has 0 spiro atoms. The van der Waals surface area contributed by atoms with Crippen LogP contribution in [0.1, 0.15) is 17.3 Å². The van der Waals surface area contributed by atoms with Crippen LogP contribution < -0.4 is 5.32 Å².